The summed E-state index contributed by atoms with van der Waals surface area (Å²) in [7, 11) is 0. The molecule has 1 aliphatic heterocycles. The van der Waals surface area contributed by atoms with Crippen LogP contribution in [0.15, 0.2) is 73.1 Å². The molecule has 0 aliphatic carbocycles. The molecule has 0 amide bonds. The minimum absolute atomic E-state index is 0.0280. The first-order chi connectivity index (χ1) is 17.1. The highest BCUT2D eigenvalue weighted by atomic mass is 16.6. The van der Waals surface area contributed by atoms with E-state index >= 15 is 0 Å². The van der Waals surface area contributed by atoms with Crippen molar-refractivity contribution in [2.24, 2.45) is 0 Å². The summed E-state index contributed by atoms with van der Waals surface area (Å²) >= 11 is 0. The molecule has 3 aromatic heterocycles. The first-order valence-corrected chi connectivity index (χ1v) is 10.8. The average molecular weight is 466 g/mol. The van der Waals surface area contributed by atoms with Crippen LogP contribution in [0.1, 0.15) is 0 Å². The summed E-state index contributed by atoms with van der Waals surface area (Å²) < 4.78 is 13.1. The molecule has 0 saturated carbocycles. The van der Waals surface area contributed by atoms with Gasteiger partial charge in [-0.05, 0) is 29.8 Å². The third kappa shape index (κ3) is 3.57. The van der Waals surface area contributed by atoms with Crippen molar-refractivity contribution < 1.29 is 14.4 Å². The fourth-order valence-electron chi connectivity index (χ4n) is 4.21. The second-order valence-electron chi connectivity index (χ2n) is 7.91. The second-order valence-corrected chi connectivity index (χ2v) is 7.91. The van der Waals surface area contributed by atoms with Crippen LogP contribution in [0.3, 0.4) is 0 Å². The van der Waals surface area contributed by atoms with Crippen LogP contribution in [-0.2, 0) is 0 Å². The van der Waals surface area contributed by atoms with Gasteiger partial charge in [0.25, 0.3) is 5.69 Å². The molecule has 0 saturated heterocycles. The zero-order valence-electron chi connectivity index (χ0n) is 18.3. The van der Waals surface area contributed by atoms with E-state index in [1.165, 1.54) is 12.1 Å². The van der Waals surface area contributed by atoms with E-state index < -0.39 is 4.92 Å². The number of nitrogen functional groups attached to an aromatic ring is 1. The van der Waals surface area contributed by atoms with Crippen molar-refractivity contribution in [2.45, 2.75) is 0 Å². The number of aromatic nitrogens is 4. The highest BCUT2D eigenvalue weighted by Crippen LogP contribution is 2.42. The van der Waals surface area contributed by atoms with Crippen LogP contribution >= 0.6 is 0 Å². The maximum absolute atomic E-state index is 11.4. The summed E-state index contributed by atoms with van der Waals surface area (Å²) in [6.45, 7) is 0.962. The SMILES string of the molecule is Nc1ncc(-c2ccc3c(c2)OCCO3)c(-c2c(-c3cccc([N+](=O)[O-])c3)nn3ccccc23)n1. The maximum Gasteiger partial charge on any atom is 0.270 e. The van der Waals surface area contributed by atoms with Crippen LogP contribution < -0.4 is 15.2 Å². The normalized spacial score (nSPS) is 12.6. The minimum Gasteiger partial charge on any atom is -0.486 e. The summed E-state index contributed by atoms with van der Waals surface area (Å²) in [6.07, 6.45) is 3.47. The number of rotatable bonds is 4. The van der Waals surface area contributed by atoms with Crippen molar-refractivity contribution >= 4 is 17.2 Å². The molecule has 0 atom stereocenters. The lowest BCUT2D eigenvalue weighted by Gasteiger charge is -2.19. The van der Waals surface area contributed by atoms with Gasteiger partial charge in [0.2, 0.25) is 5.95 Å². The lowest BCUT2D eigenvalue weighted by molar-refractivity contribution is -0.384. The Balaban J connectivity index is 1.62. The zero-order chi connectivity index (χ0) is 23.9. The number of anilines is 1. The van der Waals surface area contributed by atoms with E-state index in [0.717, 1.165) is 11.1 Å². The molecule has 5 aromatic rings. The number of pyridine rings is 1. The van der Waals surface area contributed by atoms with Gasteiger partial charge in [-0.15, -0.1) is 0 Å². The van der Waals surface area contributed by atoms with Crippen molar-refractivity contribution in [1.82, 2.24) is 19.6 Å². The molecule has 0 fully saturated rings. The standard InChI is InChI=1S/C25H18N6O4/c26-25-27-14-18(15-7-8-20-21(13-15)35-11-10-34-20)24(28-25)22-19-6-1-2-9-30(19)29-23(22)16-4-3-5-17(12-16)31(32)33/h1-9,12-14H,10-11H2,(H2,26,27,28). The van der Waals surface area contributed by atoms with Gasteiger partial charge in [-0.1, -0.05) is 24.3 Å². The molecular weight excluding hydrogens is 448 g/mol. The largest absolute Gasteiger partial charge is 0.486 e. The van der Waals surface area contributed by atoms with Gasteiger partial charge in [-0.25, -0.2) is 14.5 Å². The Morgan fingerprint density at radius 2 is 1.80 bits per heavy atom. The molecule has 0 spiro atoms. The summed E-state index contributed by atoms with van der Waals surface area (Å²) in [5.41, 5.74) is 10.7. The molecule has 0 radical (unpaired) electrons. The Bertz CT molecular complexity index is 1610. The lowest BCUT2D eigenvalue weighted by Crippen LogP contribution is -2.15. The van der Waals surface area contributed by atoms with E-state index in [9.17, 15) is 10.1 Å². The van der Waals surface area contributed by atoms with Gasteiger partial charge in [0.15, 0.2) is 11.5 Å². The van der Waals surface area contributed by atoms with Crippen molar-refractivity contribution in [1.29, 1.82) is 0 Å². The molecule has 10 heteroatoms. The summed E-state index contributed by atoms with van der Waals surface area (Å²) in [4.78, 5) is 19.8. The summed E-state index contributed by atoms with van der Waals surface area (Å²) in [5, 5.41) is 16.2. The van der Waals surface area contributed by atoms with E-state index in [2.05, 4.69) is 9.97 Å². The lowest BCUT2D eigenvalue weighted by atomic mass is 9.97. The Morgan fingerprint density at radius 1 is 0.943 bits per heavy atom. The summed E-state index contributed by atoms with van der Waals surface area (Å²) in [6, 6.07) is 17.7. The van der Waals surface area contributed by atoms with E-state index in [4.69, 9.17) is 20.3 Å². The third-order valence-corrected chi connectivity index (χ3v) is 5.77. The first-order valence-electron chi connectivity index (χ1n) is 10.8. The molecule has 6 rings (SSSR count). The highest BCUT2D eigenvalue weighted by Gasteiger charge is 2.23. The maximum atomic E-state index is 11.4. The van der Waals surface area contributed by atoms with Crippen LogP contribution in [0.25, 0.3) is 39.2 Å². The molecule has 35 heavy (non-hydrogen) atoms. The number of nitrogens with zero attached hydrogens (tertiary/aromatic N) is 5. The van der Waals surface area contributed by atoms with Gasteiger partial charge in [-0.2, -0.15) is 5.10 Å². The van der Waals surface area contributed by atoms with Crippen LogP contribution in [0.4, 0.5) is 11.6 Å². The number of non-ortho nitro benzene ring substituents is 1. The smallest absolute Gasteiger partial charge is 0.270 e. The zero-order valence-corrected chi connectivity index (χ0v) is 18.3. The monoisotopic (exact) mass is 466 g/mol. The van der Waals surface area contributed by atoms with Crippen molar-refractivity contribution in [2.75, 3.05) is 18.9 Å². The second kappa shape index (κ2) is 8.10. The van der Waals surface area contributed by atoms with E-state index in [1.807, 2.05) is 42.6 Å². The number of nitro groups is 1. The number of nitro benzene ring substituents is 1. The van der Waals surface area contributed by atoms with Gasteiger partial charge in [0.05, 0.1) is 21.7 Å². The summed E-state index contributed by atoms with van der Waals surface area (Å²) in [5.74, 6) is 1.41. The van der Waals surface area contributed by atoms with Crippen LogP contribution in [-0.4, -0.2) is 37.7 Å². The fraction of sp³-hybridized carbons (Fsp3) is 0.0800. The Kier molecular flexibility index (Phi) is 4.77. The molecule has 4 heterocycles. The number of nitrogens with two attached hydrogens (primary N) is 1. The van der Waals surface area contributed by atoms with Crippen LogP contribution in [0, 0.1) is 10.1 Å². The van der Waals surface area contributed by atoms with E-state index in [-0.39, 0.29) is 11.6 Å². The molecule has 1 aliphatic rings. The molecule has 0 unspecified atom stereocenters. The predicted molar refractivity (Wildman–Crippen MR) is 129 cm³/mol. The number of ether oxygens (including phenoxy) is 2. The third-order valence-electron chi connectivity index (χ3n) is 5.77. The van der Waals surface area contributed by atoms with E-state index in [0.29, 0.717) is 52.8 Å². The average Bonchev–Trinajstić information content (AvgIpc) is 3.28. The van der Waals surface area contributed by atoms with Gasteiger partial charge in [0, 0.05) is 35.7 Å². The topological polar surface area (TPSA) is 131 Å². The Morgan fingerprint density at radius 3 is 2.66 bits per heavy atom. The highest BCUT2D eigenvalue weighted by molar-refractivity contribution is 5.97. The molecule has 10 nitrogen and oxygen atoms in total. The molecule has 2 N–H and O–H groups in total. The molecule has 172 valence electrons. The molecule has 0 bridgehead atoms. The van der Waals surface area contributed by atoms with Gasteiger partial charge in [0.1, 0.15) is 18.9 Å². The van der Waals surface area contributed by atoms with Gasteiger partial charge >= 0.3 is 0 Å². The van der Waals surface area contributed by atoms with Crippen molar-refractivity contribution in [3.8, 4) is 45.1 Å². The van der Waals surface area contributed by atoms with Crippen molar-refractivity contribution in [3.63, 3.8) is 0 Å². The molecular formula is C25H18N6O4. The quantitative estimate of drug-likeness (QED) is 0.305. The van der Waals surface area contributed by atoms with Crippen LogP contribution in [0.5, 0.6) is 11.5 Å². The van der Waals surface area contributed by atoms with Gasteiger partial charge < -0.3 is 15.2 Å². The van der Waals surface area contributed by atoms with Crippen molar-refractivity contribution in [3.05, 3.63) is 83.2 Å². The van der Waals surface area contributed by atoms with Gasteiger partial charge in [-0.3, -0.25) is 10.1 Å². The number of benzene rings is 2. The Hall–Kier alpha value is -4.99. The predicted octanol–water partition coefficient (Wildman–Crippen LogP) is 4.39. The first kappa shape index (κ1) is 20.6. The Labute approximate surface area is 198 Å². The molecule has 2 aromatic carbocycles. The number of hydrogen-bond acceptors (Lipinski definition) is 8. The fourth-order valence-corrected chi connectivity index (χ4v) is 4.21. The number of hydrogen-bond donors (Lipinski definition) is 1. The van der Waals surface area contributed by atoms with Crippen LogP contribution in [0.2, 0.25) is 0 Å². The number of fused-ring (bicyclic) bond motifs is 2. The minimum atomic E-state index is -0.428. The van der Waals surface area contributed by atoms with E-state index in [1.54, 1.807) is 22.8 Å².